The van der Waals surface area contributed by atoms with Gasteiger partial charge in [0.1, 0.15) is 15.6 Å². The molecular weight excluding hydrogens is 676 g/mol. The number of nitrogen functional groups attached to an aromatic ring is 1. The number of carbonyl (C=O) groups is 1. The lowest BCUT2D eigenvalue weighted by Crippen LogP contribution is -2.19. The van der Waals surface area contributed by atoms with E-state index in [9.17, 15) is 26.7 Å². The number of nitrogens with zero attached hydrogens (tertiary/aromatic N) is 2. The molecule has 8 rings (SSSR count). The Labute approximate surface area is 283 Å². The molecule has 7 aromatic rings. The molecule has 0 aliphatic heterocycles. The average molecular weight is 699 g/mol. The minimum Gasteiger partial charge on any atom is -0.398 e. The van der Waals surface area contributed by atoms with E-state index in [0.717, 1.165) is 49.5 Å². The molecule has 5 nitrogen and oxygen atoms in total. The number of hydrogen-bond acceptors (Lipinski definition) is 6. The van der Waals surface area contributed by atoms with Crippen LogP contribution in [0.2, 0.25) is 0 Å². The van der Waals surface area contributed by atoms with E-state index in [2.05, 4.69) is 11.4 Å². The molecule has 0 spiro atoms. The highest BCUT2D eigenvalue weighted by Crippen LogP contribution is 2.51. The van der Waals surface area contributed by atoms with Crippen LogP contribution in [0, 0.1) is 35.0 Å². The van der Waals surface area contributed by atoms with Gasteiger partial charge < -0.3 is 11.1 Å². The van der Waals surface area contributed by atoms with Gasteiger partial charge >= 0.3 is 0 Å². The normalized spacial score (nSPS) is 15.6. The summed E-state index contributed by atoms with van der Waals surface area (Å²) in [6, 6.07) is 26.6. The van der Waals surface area contributed by atoms with Crippen LogP contribution in [0.4, 0.5) is 33.3 Å². The van der Waals surface area contributed by atoms with E-state index in [0.29, 0.717) is 27.7 Å². The molecule has 2 atom stereocenters. The molecule has 244 valence electrons. The Kier molecular flexibility index (Phi) is 7.64. The number of fused-ring (bicyclic) bond motifs is 2. The molecule has 0 saturated heterocycles. The molecular formula is C37H23F5N4OS2. The van der Waals surface area contributed by atoms with E-state index in [-0.39, 0.29) is 11.6 Å². The van der Waals surface area contributed by atoms with Crippen molar-refractivity contribution in [2.75, 3.05) is 11.1 Å². The lowest BCUT2D eigenvalue weighted by Gasteiger charge is -2.13. The third kappa shape index (κ3) is 5.60. The number of nitrogens with two attached hydrogens (primary N) is 1. The zero-order valence-electron chi connectivity index (χ0n) is 25.2. The Morgan fingerprint density at radius 1 is 0.735 bits per heavy atom. The Balaban J connectivity index is 1.07. The number of carbonyl (C=O) groups excluding carboxylic acids is 1. The predicted octanol–water partition coefficient (Wildman–Crippen LogP) is 10.1. The second-order valence-electron chi connectivity index (χ2n) is 11.9. The fourth-order valence-corrected chi connectivity index (χ4v) is 8.17. The Morgan fingerprint density at radius 2 is 1.33 bits per heavy atom. The number of benzene rings is 5. The molecule has 1 unspecified atom stereocenters. The SMILES string of the molecule is Nc1cc(CC2C[C@@H]2c2ccc(NC(=O)c3c(F)c(F)c(F)c(F)c3F)c(-c3nc4ccccc4s3)c2)ccc1-c1nc2ccccc2s1. The maximum Gasteiger partial charge on any atom is 0.261 e. The van der Waals surface area contributed by atoms with E-state index in [1.807, 2.05) is 66.7 Å². The zero-order valence-corrected chi connectivity index (χ0v) is 26.9. The second kappa shape index (κ2) is 12.0. The van der Waals surface area contributed by atoms with Gasteiger partial charge in [0.15, 0.2) is 23.3 Å². The van der Waals surface area contributed by atoms with Crippen LogP contribution in [-0.4, -0.2) is 15.9 Å². The van der Waals surface area contributed by atoms with Gasteiger partial charge in [-0.15, -0.1) is 22.7 Å². The third-order valence-corrected chi connectivity index (χ3v) is 10.9. The molecule has 1 amide bonds. The van der Waals surface area contributed by atoms with Crippen LogP contribution in [0.5, 0.6) is 0 Å². The minimum atomic E-state index is -2.34. The summed E-state index contributed by atoms with van der Waals surface area (Å²) in [5.74, 6) is -12.1. The molecule has 49 heavy (non-hydrogen) atoms. The maximum absolute atomic E-state index is 14.5. The monoisotopic (exact) mass is 698 g/mol. The highest BCUT2D eigenvalue weighted by Gasteiger charge is 2.39. The maximum atomic E-state index is 14.5. The number of aromatic nitrogens is 2. The predicted molar refractivity (Wildman–Crippen MR) is 183 cm³/mol. The molecule has 2 aromatic heterocycles. The Hall–Kier alpha value is -5.20. The summed E-state index contributed by atoms with van der Waals surface area (Å²) in [5.41, 5.74) is 10.8. The third-order valence-electron chi connectivity index (χ3n) is 8.74. The van der Waals surface area contributed by atoms with Crippen LogP contribution < -0.4 is 11.1 Å². The van der Waals surface area contributed by atoms with Crippen molar-refractivity contribution >= 4 is 60.4 Å². The molecule has 1 aliphatic rings. The first-order chi connectivity index (χ1) is 23.7. The lowest BCUT2D eigenvalue weighted by atomic mass is 10.00. The molecule has 12 heteroatoms. The van der Waals surface area contributed by atoms with Gasteiger partial charge in [-0.1, -0.05) is 36.4 Å². The first-order valence-electron chi connectivity index (χ1n) is 15.2. The summed E-state index contributed by atoms with van der Waals surface area (Å²) < 4.78 is 72.4. The van der Waals surface area contributed by atoms with Crippen LogP contribution in [0.15, 0.2) is 84.9 Å². The van der Waals surface area contributed by atoms with Gasteiger partial charge in [0.05, 0.1) is 26.1 Å². The van der Waals surface area contributed by atoms with Gasteiger partial charge in [-0.2, -0.15) is 0 Å². The van der Waals surface area contributed by atoms with E-state index in [1.165, 1.54) is 11.3 Å². The van der Waals surface area contributed by atoms with Crippen LogP contribution in [-0.2, 0) is 6.42 Å². The van der Waals surface area contributed by atoms with E-state index in [4.69, 9.17) is 15.7 Å². The van der Waals surface area contributed by atoms with Crippen LogP contribution in [0.25, 0.3) is 41.6 Å². The van der Waals surface area contributed by atoms with E-state index >= 15 is 0 Å². The van der Waals surface area contributed by atoms with Crippen molar-refractivity contribution in [2.24, 2.45) is 5.92 Å². The number of amides is 1. The van der Waals surface area contributed by atoms with Crippen molar-refractivity contribution in [3.05, 3.63) is 131 Å². The number of halogens is 5. The van der Waals surface area contributed by atoms with Crippen molar-refractivity contribution < 1.29 is 26.7 Å². The molecule has 2 heterocycles. The van der Waals surface area contributed by atoms with Gasteiger partial charge in [0.25, 0.3) is 5.91 Å². The van der Waals surface area contributed by atoms with Crippen molar-refractivity contribution in [1.29, 1.82) is 0 Å². The quantitative estimate of drug-likeness (QED) is 0.0752. The van der Waals surface area contributed by atoms with Crippen molar-refractivity contribution in [3.8, 4) is 21.1 Å². The molecule has 1 aliphatic carbocycles. The van der Waals surface area contributed by atoms with Gasteiger partial charge in [-0.25, -0.2) is 31.9 Å². The van der Waals surface area contributed by atoms with E-state index in [1.54, 1.807) is 23.5 Å². The van der Waals surface area contributed by atoms with Crippen molar-refractivity contribution in [2.45, 2.75) is 18.8 Å². The Morgan fingerprint density at radius 3 is 1.94 bits per heavy atom. The largest absolute Gasteiger partial charge is 0.398 e. The van der Waals surface area contributed by atoms with Crippen LogP contribution in [0.3, 0.4) is 0 Å². The molecule has 3 N–H and O–H groups in total. The van der Waals surface area contributed by atoms with Crippen molar-refractivity contribution in [3.63, 3.8) is 0 Å². The fraction of sp³-hybridized carbons (Fsp3) is 0.108. The number of para-hydroxylation sites is 2. The highest BCUT2D eigenvalue weighted by atomic mass is 32.1. The number of rotatable bonds is 7. The molecule has 1 saturated carbocycles. The summed E-state index contributed by atoms with van der Waals surface area (Å²) in [6.45, 7) is 0. The number of anilines is 2. The summed E-state index contributed by atoms with van der Waals surface area (Å²) in [7, 11) is 0. The molecule has 5 aromatic carbocycles. The lowest BCUT2D eigenvalue weighted by molar-refractivity contribution is 0.101. The smallest absolute Gasteiger partial charge is 0.261 e. The van der Waals surface area contributed by atoms with Crippen LogP contribution >= 0.6 is 22.7 Å². The molecule has 0 bridgehead atoms. The number of nitrogens with one attached hydrogen (secondary N) is 1. The topological polar surface area (TPSA) is 80.9 Å². The molecule has 0 radical (unpaired) electrons. The summed E-state index contributed by atoms with van der Waals surface area (Å²) in [5, 5.41) is 3.75. The zero-order chi connectivity index (χ0) is 34.0. The first-order valence-corrected chi connectivity index (χ1v) is 16.9. The summed E-state index contributed by atoms with van der Waals surface area (Å²) in [4.78, 5) is 22.4. The van der Waals surface area contributed by atoms with Gasteiger partial charge in [0, 0.05) is 16.8 Å². The first kappa shape index (κ1) is 31.1. The van der Waals surface area contributed by atoms with Gasteiger partial charge in [-0.3, -0.25) is 4.79 Å². The van der Waals surface area contributed by atoms with Crippen molar-refractivity contribution in [1.82, 2.24) is 9.97 Å². The summed E-state index contributed by atoms with van der Waals surface area (Å²) >= 11 is 2.94. The second-order valence-corrected chi connectivity index (χ2v) is 14.0. The standard InChI is InChI=1S/C37H23F5N4OS2/c38-30-29(31(39)33(41)34(42)32(30)40)35(47)44-24-12-10-18(15-22(24)37-46-26-6-2-4-8-28(26)49-37)21-16-19(21)13-17-9-11-20(23(43)14-17)36-45-25-5-1-3-7-27(25)48-36/h1-12,14-15,19,21H,13,16,43H2,(H,44,47)/t19?,21-/m1/s1. The fourth-order valence-electron chi connectivity index (χ4n) is 6.16. The van der Waals surface area contributed by atoms with Crippen LogP contribution in [0.1, 0.15) is 33.8 Å². The summed E-state index contributed by atoms with van der Waals surface area (Å²) in [6.07, 6.45) is 1.68. The van der Waals surface area contributed by atoms with Gasteiger partial charge in [0.2, 0.25) is 5.82 Å². The average Bonchev–Trinajstić information content (AvgIpc) is 3.51. The minimum absolute atomic E-state index is 0.118. The highest BCUT2D eigenvalue weighted by molar-refractivity contribution is 7.22. The Bertz CT molecular complexity index is 2360. The van der Waals surface area contributed by atoms with E-state index < -0.39 is 40.6 Å². The van der Waals surface area contributed by atoms with Gasteiger partial charge in [-0.05, 0) is 84.3 Å². The number of hydrogen-bond donors (Lipinski definition) is 2. The number of thiazole rings is 2. The molecule has 1 fully saturated rings.